The van der Waals surface area contributed by atoms with E-state index in [-0.39, 0.29) is 5.91 Å². The normalized spacial score (nSPS) is 10.7. The Balaban J connectivity index is 1.39. The number of nitrogens with one attached hydrogen (secondary N) is 1. The zero-order valence-corrected chi connectivity index (χ0v) is 17.6. The van der Waals surface area contributed by atoms with E-state index >= 15 is 0 Å². The van der Waals surface area contributed by atoms with Crippen LogP contribution in [0.25, 0.3) is 11.5 Å². The standard InChI is InChI=1S/C22H16BrN3O2S/c23-18-8-4-7-17(13-18)20(27)24-19-11-9-16(10-12-19)21-25-26-22(28-21)29-14-15-5-2-1-3-6-15/h1-13H,14H2,(H,24,27). The number of amides is 1. The predicted molar refractivity (Wildman–Crippen MR) is 118 cm³/mol. The summed E-state index contributed by atoms with van der Waals surface area (Å²) in [4.78, 5) is 12.3. The fraction of sp³-hybridized carbons (Fsp3) is 0.0455. The fourth-order valence-electron chi connectivity index (χ4n) is 2.63. The first-order valence-corrected chi connectivity index (χ1v) is 10.6. The van der Waals surface area contributed by atoms with Crippen LogP contribution in [0, 0.1) is 0 Å². The first-order chi connectivity index (χ1) is 14.2. The molecular formula is C22H16BrN3O2S. The van der Waals surface area contributed by atoms with E-state index in [9.17, 15) is 4.79 Å². The van der Waals surface area contributed by atoms with E-state index in [4.69, 9.17) is 4.42 Å². The number of benzene rings is 3. The molecule has 0 bridgehead atoms. The average molecular weight is 466 g/mol. The van der Waals surface area contributed by atoms with Crippen molar-refractivity contribution in [3.05, 3.63) is 94.5 Å². The van der Waals surface area contributed by atoms with Gasteiger partial charge in [0.15, 0.2) is 0 Å². The van der Waals surface area contributed by atoms with Gasteiger partial charge in [0.25, 0.3) is 11.1 Å². The van der Waals surface area contributed by atoms with Crippen LogP contribution in [0.2, 0.25) is 0 Å². The molecule has 0 saturated heterocycles. The van der Waals surface area contributed by atoms with Crippen LogP contribution < -0.4 is 5.32 Å². The molecule has 1 aromatic heterocycles. The lowest BCUT2D eigenvalue weighted by Gasteiger charge is -2.06. The average Bonchev–Trinajstić information content (AvgIpc) is 3.23. The Bertz CT molecular complexity index is 1110. The Hall–Kier alpha value is -2.90. The second kappa shape index (κ2) is 9.07. The summed E-state index contributed by atoms with van der Waals surface area (Å²) in [5, 5.41) is 11.6. The van der Waals surface area contributed by atoms with Crippen LogP contribution in [-0.4, -0.2) is 16.1 Å². The van der Waals surface area contributed by atoms with Gasteiger partial charge in [0, 0.05) is 27.0 Å². The highest BCUT2D eigenvalue weighted by atomic mass is 79.9. The van der Waals surface area contributed by atoms with Crippen molar-refractivity contribution in [3.8, 4) is 11.5 Å². The molecule has 1 N–H and O–H groups in total. The number of carbonyl (C=O) groups excluding carboxylic acids is 1. The molecule has 0 spiro atoms. The molecule has 0 unspecified atom stereocenters. The summed E-state index contributed by atoms with van der Waals surface area (Å²) in [7, 11) is 0. The lowest BCUT2D eigenvalue weighted by molar-refractivity contribution is 0.102. The van der Waals surface area contributed by atoms with Crippen molar-refractivity contribution >= 4 is 39.3 Å². The number of halogens is 1. The van der Waals surface area contributed by atoms with Gasteiger partial charge in [-0.05, 0) is 48.0 Å². The van der Waals surface area contributed by atoms with E-state index in [1.54, 1.807) is 12.1 Å². The third-order valence-corrected chi connectivity index (χ3v) is 5.47. The van der Waals surface area contributed by atoms with Gasteiger partial charge in [0.05, 0.1) is 0 Å². The highest BCUT2D eigenvalue weighted by Gasteiger charge is 2.11. The van der Waals surface area contributed by atoms with Gasteiger partial charge in [-0.2, -0.15) is 0 Å². The molecular weight excluding hydrogens is 450 g/mol. The van der Waals surface area contributed by atoms with Crippen molar-refractivity contribution in [2.24, 2.45) is 0 Å². The third kappa shape index (κ3) is 5.13. The molecule has 4 rings (SSSR count). The fourth-order valence-corrected chi connectivity index (χ4v) is 3.75. The minimum absolute atomic E-state index is 0.170. The van der Waals surface area contributed by atoms with E-state index in [2.05, 4.69) is 43.6 Å². The maximum Gasteiger partial charge on any atom is 0.277 e. The highest BCUT2D eigenvalue weighted by Crippen LogP contribution is 2.26. The van der Waals surface area contributed by atoms with E-state index in [0.717, 1.165) is 15.8 Å². The molecule has 0 fully saturated rings. The van der Waals surface area contributed by atoms with E-state index in [1.165, 1.54) is 17.3 Å². The van der Waals surface area contributed by atoms with Crippen molar-refractivity contribution < 1.29 is 9.21 Å². The maximum absolute atomic E-state index is 12.3. The summed E-state index contributed by atoms with van der Waals surface area (Å²) < 4.78 is 6.60. The molecule has 29 heavy (non-hydrogen) atoms. The van der Waals surface area contributed by atoms with Crippen molar-refractivity contribution in [1.29, 1.82) is 0 Å². The molecule has 0 aliphatic carbocycles. The molecule has 1 amide bonds. The summed E-state index contributed by atoms with van der Waals surface area (Å²) in [5.41, 5.74) is 3.27. The highest BCUT2D eigenvalue weighted by molar-refractivity contribution is 9.10. The summed E-state index contributed by atoms with van der Waals surface area (Å²) in [6.07, 6.45) is 0. The number of carbonyl (C=O) groups is 1. The van der Waals surface area contributed by atoms with Gasteiger partial charge < -0.3 is 9.73 Å². The Morgan fingerprint density at radius 3 is 2.52 bits per heavy atom. The summed E-state index contributed by atoms with van der Waals surface area (Å²) >= 11 is 4.87. The molecule has 1 heterocycles. The lowest BCUT2D eigenvalue weighted by atomic mass is 10.2. The van der Waals surface area contributed by atoms with E-state index in [0.29, 0.717) is 22.4 Å². The number of anilines is 1. The molecule has 4 aromatic rings. The molecule has 3 aromatic carbocycles. The number of rotatable bonds is 6. The third-order valence-electron chi connectivity index (χ3n) is 4.09. The van der Waals surface area contributed by atoms with Gasteiger partial charge in [-0.15, -0.1) is 10.2 Å². The number of thioether (sulfide) groups is 1. The Labute approximate surface area is 180 Å². The second-order valence-corrected chi connectivity index (χ2v) is 8.03. The quantitative estimate of drug-likeness (QED) is 0.351. The molecule has 0 aliphatic rings. The summed E-state index contributed by atoms with van der Waals surface area (Å²) in [6.45, 7) is 0. The largest absolute Gasteiger partial charge is 0.411 e. The Kier molecular flexibility index (Phi) is 6.07. The van der Waals surface area contributed by atoms with Gasteiger partial charge >= 0.3 is 0 Å². The van der Waals surface area contributed by atoms with Gasteiger partial charge in [0.1, 0.15) is 0 Å². The van der Waals surface area contributed by atoms with Crippen molar-refractivity contribution in [2.45, 2.75) is 11.0 Å². The molecule has 0 aliphatic heterocycles. The first kappa shape index (κ1) is 19.4. The molecule has 5 nitrogen and oxygen atoms in total. The van der Waals surface area contributed by atoms with Crippen LogP contribution >= 0.6 is 27.7 Å². The first-order valence-electron chi connectivity index (χ1n) is 8.85. The van der Waals surface area contributed by atoms with Gasteiger partial charge in [-0.1, -0.05) is 64.1 Å². The zero-order valence-electron chi connectivity index (χ0n) is 15.2. The smallest absolute Gasteiger partial charge is 0.277 e. The lowest BCUT2D eigenvalue weighted by Crippen LogP contribution is -2.11. The van der Waals surface area contributed by atoms with Crippen LogP contribution in [0.4, 0.5) is 5.69 Å². The van der Waals surface area contributed by atoms with Crippen molar-refractivity contribution in [3.63, 3.8) is 0 Å². The number of nitrogens with zero attached hydrogens (tertiary/aromatic N) is 2. The molecule has 144 valence electrons. The van der Waals surface area contributed by atoms with Crippen LogP contribution in [0.5, 0.6) is 0 Å². The van der Waals surface area contributed by atoms with Crippen LogP contribution in [-0.2, 0) is 5.75 Å². The van der Waals surface area contributed by atoms with Crippen LogP contribution in [0.3, 0.4) is 0 Å². The van der Waals surface area contributed by atoms with Gasteiger partial charge in [0.2, 0.25) is 5.89 Å². The SMILES string of the molecule is O=C(Nc1ccc(-c2nnc(SCc3ccccc3)o2)cc1)c1cccc(Br)c1. The maximum atomic E-state index is 12.3. The van der Waals surface area contributed by atoms with Crippen molar-refractivity contribution in [1.82, 2.24) is 10.2 Å². The van der Waals surface area contributed by atoms with E-state index < -0.39 is 0 Å². The molecule has 0 atom stereocenters. The topological polar surface area (TPSA) is 68.0 Å². The minimum Gasteiger partial charge on any atom is -0.411 e. The van der Waals surface area contributed by atoms with Crippen LogP contribution in [0.1, 0.15) is 15.9 Å². The molecule has 7 heteroatoms. The zero-order chi connectivity index (χ0) is 20.1. The molecule has 0 saturated carbocycles. The molecule has 0 radical (unpaired) electrons. The Morgan fingerprint density at radius 2 is 1.76 bits per heavy atom. The monoisotopic (exact) mass is 465 g/mol. The summed E-state index contributed by atoms with van der Waals surface area (Å²) in [6, 6.07) is 24.7. The van der Waals surface area contributed by atoms with E-state index in [1.807, 2.05) is 54.6 Å². The second-order valence-electron chi connectivity index (χ2n) is 6.19. The van der Waals surface area contributed by atoms with Crippen LogP contribution in [0.15, 0.2) is 93.0 Å². The minimum atomic E-state index is -0.170. The Morgan fingerprint density at radius 1 is 0.966 bits per heavy atom. The van der Waals surface area contributed by atoms with Gasteiger partial charge in [-0.25, -0.2) is 0 Å². The number of hydrogen-bond donors (Lipinski definition) is 1. The van der Waals surface area contributed by atoms with Crippen molar-refractivity contribution in [2.75, 3.05) is 5.32 Å². The number of hydrogen-bond acceptors (Lipinski definition) is 5. The number of aromatic nitrogens is 2. The summed E-state index contributed by atoms with van der Waals surface area (Å²) in [5.74, 6) is 1.05. The van der Waals surface area contributed by atoms with Gasteiger partial charge in [-0.3, -0.25) is 4.79 Å². The predicted octanol–water partition coefficient (Wildman–Crippen LogP) is 6.04.